The van der Waals surface area contributed by atoms with E-state index in [4.69, 9.17) is 0 Å². The average Bonchev–Trinajstić information content (AvgIpc) is 3.21. The molecule has 0 bridgehead atoms. The van der Waals surface area contributed by atoms with E-state index >= 15 is 0 Å². The van der Waals surface area contributed by atoms with Gasteiger partial charge in [0.15, 0.2) is 11.6 Å². The molecule has 1 aromatic carbocycles. The first-order valence-corrected chi connectivity index (χ1v) is 11.1. The highest BCUT2D eigenvalue weighted by Gasteiger charge is 2.16. The van der Waals surface area contributed by atoms with Crippen molar-refractivity contribution in [2.24, 2.45) is 0 Å². The smallest absolute Gasteiger partial charge is 0.208 e. The van der Waals surface area contributed by atoms with Crippen LogP contribution in [0.15, 0.2) is 42.5 Å². The molecule has 3 aromatic rings. The number of aromatic nitrogens is 3. The summed E-state index contributed by atoms with van der Waals surface area (Å²) in [5, 5.41) is 4.35. The number of rotatable bonds is 8. The van der Waals surface area contributed by atoms with E-state index in [-0.39, 0.29) is 12.3 Å². The monoisotopic (exact) mass is 404 g/mol. The fraction of sp³-hybridized carbons (Fsp3) is 0.278. The molecule has 0 atom stereocenters. The van der Waals surface area contributed by atoms with E-state index in [2.05, 4.69) is 14.8 Å². The van der Waals surface area contributed by atoms with Crippen LogP contribution >= 0.6 is 11.3 Å². The van der Waals surface area contributed by atoms with Crippen molar-refractivity contribution < 1.29 is 13.2 Å². The SMILES string of the molecule is Cc1nc(-c2ccccc2)n(CC(=O)c2ccc(CCNS(C)(=O)=O)s2)n1. The third-order valence-electron chi connectivity index (χ3n) is 3.78. The molecule has 0 spiro atoms. The van der Waals surface area contributed by atoms with Gasteiger partial charge in [-0.15, -0.1) is 11.3 Å². The van der Waals surface area contributed by atoms with Crippen molar-refractivity contribution in [2.45, 2.75) is 19.9 Å². The molecule has 0 unspecified atom stereocenters. The van der Waals surface area contributed by atoms with Crippen LogP contribution in [0.3, 0.4) is 0 Å². The van der Waals surface area contributed by atoms with Gasteiger partial charge >= 0.3 is 0 Å². The summed E-state index contributed by atoms with van der Waals surface area (Å²) in [7, 11) is -3.20. The molecule has 1 N–H and O–H groups in total. The Kier molecular flexibility index (Phi) is 5.83. The second-order valence-electron chi connectivity index (χ2n) is 6.11. The molecule has 142 valence electrons. The van der Waals surface area contributed by atoms with Crippen molar-refractivity contribution in [1.82, 2.24) is 19.5 Å². The molecule has 2 heterocycles. The number of hydrogen-bond donors (Lipinski definition) is 1. The maximum absolute atomic E-state index is 12.7. The van der Waals surface area contributed by atoms with Crippen molar-refractivity contribution in [1.29, 1.82) is 0 Å². The summed E-state index contributed by atoms with van der Waals surface area (Å²) in [4.78, 5) is 18.7. The number of carbonyl (C=O) groups is 1. The van der Waals surface area contributed by atoms with Gasteiger partial charge in [0.1, 0.15) is 12.4 Å². The van der Waals surface area contributed by atoms with Crippen LogP contribution in [0.5, 0.6) is 0 Å². The quantitative estimate of drug-likeness (QED) is 0.582. The lowest BCUT2D eigenvalue weighted by molar-refractivity contribution is 0.0972. The highest BCUT2D eigenvalue weighted by Crippen LogP contribution is 2.21. The minimum atomic E-state index is -3.20. The normalized spacial score (nSPS) is 11.6. The van der Waals surface area contributed by atoms with Gasteiger partial charge in [-0.2, -0.15) is 5.10 Å². The second kappa shape index (κ2) is 8.12. The zero-order chi connectivity index (χ0) is 19.4. The van der Waals surface area contributed by atoms with E-state index in [1.165, 1.54) is 11.3 Å². The number of sulfonamides is 1. The van der Waals surface area contributed by atoms with Crippen molar-refractivity contribution >= 4 is 27.1 Å². The lowest BCUT2D eigenvalue weighted by Gasteiger charge is -2.04. The summed E-state index contributed by atoms with van der Waals surface area (Å²) >= 11 is 1.37. The Balaban J connectivity index is 1.70. The molecule has 0 aliphatic heterocycles. The molecule has 9 heteroatoms. The molecule has 0 fully saturated rings. The number of aryl methyl sites for hydroxylation is 1. The number of thiophene rings is 1. The van der Waals surface area contributed by atoms with Crippen LogP contribution < -0.4 is 4.72 Å². The number of ketones is 1. The van der Waals surface area contributed by atoms with Crippen LogP contribution in [-0.4, -0.2) is 41.8 Å². The molecule has 27 heavy (non-hydrogen) atoms. The molecule has 0 aliphatic carbocycles. The summed E-state index contributed by atoms with van der Waals surface area (Å²) in [6, 6.07) is 13.3. The molecule has 3 rings (SSSR count). The largest absolute Gasteiger partial charge is 0.291 e. The number of carbonyl (C=O) groups excluding carboxylic acids is 1. The van der Waals surface area contributed by atoms with Crippen LogP contribution in [0.1, 0.15) is 20.4 Å². The van der Waals surface area contributed by atoms with Gasteiger partial charge in [0.2, 0.25) is 10.0 Å². The molecule has 0 radical (unpaired) electrons. The number of hydrogen-bond acceptors (Lipinski definition) is 6. The Labute approximate surface area is 162 Å². The average molecular weight is 405 g/mol. The fourth-order valence-electron chi connectivity index (χ4n) is 2.60. The van der Waals surface area contributed by atoms with Crippen LogP contribution in [0.4, 0.5) is 0 Å². The third kappa shape index (κ3) is 5.31. The molecule has 0 amide bonds. The van der Waals surface area contributed by atoms with Crippen LogP contribution in [-0.2, 0) is 23.0 Å². The predicted octanol–water partition coefficient (Wildman–Crippen LogP) is 2.29. The lowest BCUT2D eigenvalue weighted by atomic mass is 10.2. The Hall–Kier alpha value is -2.36. The minimum absolute atomic E-state index is 0.0515. The maximum atomic E-state index is 12.7. The molecule has 0 aliphatic rings. The maximum Gasteiger partial charge on any atom is 0.208 e. The van der Waals surface area contributed by atoms with Gasteiger partial charge in [-0.25, -0.2) is 22.8 Å². The second-order valence-corrected chi connectivity index (χ2v) is 9.11. The van der Waals surface area contributed by atoms with E-state index in [1.54, 1.807) is 17.7 Å². The number of nitrogens with zero attached hydrogens (tertiary/aromatic N) is 3. The summed E-state index contributed by atoms with van der Waals surface area (Å²) in [6.45, 7) is 2.21. The topological polar surface area (TPSA) is 94.0 Å². The minimum Gasteiger partial charge on any atom is -0.291 e. The number of Topliss-reactive ketones (excluding diaryl/α,β-unsaturated/α-hetero) is 1. The Morgan fingerprint density at radius 2 is 1.93 bits per heavy atom. The van der Waals surface area contributed by atoms with E-state index in [1.807, 2.05) is 36.4 Å². The standard InChI is InChI=1S/C18H20N4O3S2/c1-13-20-18(14-6-4-3-5-7-14)22(21-13)12-16(23)17-9-8-15(26-17)10-11-19-27(2,24)25/h3-9,19H,10-12H2,1-2H3. The third-order valence-corrected chi connectivity index (χ3v) is 5.69. The van der Waals surface area contributed by atoms with Gasteiger partial charge in [-0.3, -0.25) is 4.79 Å². The van der Waals surface area contributed by atoms with Crippen LogP contribution in [0.2, 0.25) is 0 Å². The van der Waals surface area contributed by atoms with Crippen molar-refractivity contribution in [3.63, 3.8) is 0 Å². The van der Waals surface area contributed by atoms with Gasteiger partial charge < -0.3 is 0 Å². The molecular formula is C18H20N4O3S2. The van der Waals surface area contributed by atoms with Gasteiger partial charge in [0.25, 0.3) is 0 Å². The van der Waals surface area contributed by atoms with Crippen molar-refractivity contribution in [3.8, 4) is 11.4 Å². The molecule has 0 saturated heterocycles. The zero-order valence-corrected chi connectivity index (χ0v) is 16.7. The summed E-state index contributed by atoms with van der Waals surface area (Å²) in [5.41, 5.74) is 0.907. The summed E-state index contributed by atoms with van der Waals surface area (Å²) < 4.78 is 26.3. The first kappa shape index (κ1) is 19.4. The van der Waals surface area contributed by atoms with Crippen LogP contribution in [0, 0.1) is 6.92 Å². The van der Waals surface area contributed by atoms with E-state index in [0.717, 1.165) is 16.7 Å². The van der Waals surface area contributed by atoms with Crippen molar-refractivity contribution in [2.75, 3.05) is 12.8 Å². The predicted molar refractivity (Wildman–Crippen MR) is 105 cm³/mol. The van der Waals surface area contributed by atoms with Crippen LogP contribution in [0.25, 0.3) is 11.4 Å². The van der Waals surface area contributed by atoms with Crippen molar-refractivity contribution in [3.05, 3.63) is 58.0 Å². The molecular weight excluding hydrogens is 384 g/mol. The van der Waals surface area contributed by atoms with Gasteiger partial charge in [-0.1, -0.05) is 30.3 Å². The first-order chi connectivity index (χ1) is 12.8. The number of nitrogens with one attached hydrogen (secondary N) is 1. The molecule has 0 saturated carbocycles. The number of benzene rings is 1. The van der Waals surface area contributed by atoms with E-state index in [9.17, 15) is 13.2 Å². The van der Waals surface area contributed by atoms with Gasteiger partial charge in [0.05, 0.1) is 11.1 Å². The summed E-state index contributed by atoms with van der Waals surface area (Å²) in [5.74, 6) is 1.22. The molecule has 7 nitrogen and oxygen atoms in total. The Morgan fingerprint density at radius 1 is 1.19 bits per heavy atom. The highest BCUT2D eigenvalue weighted by atomic mass is 32.2. The molecule has 2 aromatic heterocycles. The first-order valence-electron chi connectivity index (χ1n) is 8.35. The Morgan fingerprint density at radius 3 is 2.63 bits per heavy atom. The van der Waals surface area contributed by atoms with Gasteiger partial charge in [0, 0.05) is 17.0 Å². The fourth-order valence-corrected chi connectivity index (χ4v) is 4.01. The van der Waals surface area contributed by atoms with Gasteiger partial charge in [-0.05, 0) is 25.5 Å². The lowest BCUT2D eigenvalue weighted by Crippen LogP contribution is -2.24. The highest BCUT2D eigenvalue weighted by molar-refractivity contribution is 7.88. The van der Waals surface area contributed by atoms with E-state index in [0.29, 0.717) is 29.5 Å². The summed E-state index contributed by atoms with van der Waals surface area (Å²) in [6.07, 6.45) is 1.67. The van der Waals surface area contributed by atoms with E-state index < -0.39 is 10.0 Å². The zero-order valence-electron chi connectivity index (χ0n) is 15.0. The Bertz CT molecular complexity index is 1040.